The molecule has 1 heterocycles. The molecule has 7 heteroatoms. The molecule has 2 aromatic rings. The molecule has 0 aliphatic carbocycles. The Hall–Kier alpha value is -2.38. The van der Waals surface area contributed by atoms with Gasteiger partial charge in [-0.3, -0.25) is 9.98 Å². The molecule has 0 fully saturated rings. The van der Waals surface area contributed by atoms with E-state index in [4.69, 9.17) is 8.97 Å². The predicted molar refractivity (Wildman–Crippen MR) is 76.1 cm³/mol. The van der Waals surface area contributed by atoms with Crippen molar-refractivity contribution < 1.29 is 17.4 Å². The first-order valence-corrected chi connectivity index (χ1v) is 7.06. The van der Waals surface area contributed by atoms with Crippen LogP contribution in [0.15, 0.2) is 63.2 Å². The number of hydrogen-bond donors (Lipinski definition) is 2. The van der Waals surface area contributed by atoms with Gasteiger partial charge >= 0.3 is 0 Å². The maximum atomic E-state index is 10.8. The average molecular weight is 292 g/mol. The summed E-state index contributed by atoms with van der Waals surface area (Å²) < 4.78 is 35.6. The molecular formula is C13H12N2O4S. The third-order valence-electron chi connectivity index (χ3n) is 2.31. The van der Waals surface area contributed by atoms with Crippen LogP contribution in [-0.2, 0) is 10.1 Å². The van der Waals surface area contributed by atoms with Crippen molar-refractivity contribution in [2.75, 3.05) is 5.43 Å². The first-order valence-electron chi connectivity index (χ1n) is 5.62. The highest BCUT2D eigenvalue weighted by Gasteiger charge is 2.07. The molecule has 0 unspecified atom stereocenters. The largest absolute Gasteiger partial charge is 0.465 e. The third-order valence-corrected chi connectivity index (χ3v) is 3.18. The Bertz CT molecular complexity index is 701. The molecule has 0 saturated carbocycles. The first kappa shape index (κ1) is 14.0. The molecule has 20 heavy (non-hydrogen) atoms. The zero-order chi connectivity index (χ0) is 14.4. The Labute approximate surface area is 116 Å². The van der Waals surface area contributed by atoms with Crippen molar-refractivity contribution in [1.82, 2.24) is 0 Å². The summed E-state index contributed by atoms with van der Waals surface area (Å²) in [5.74, 6) is 0.717. The summed E-state index contributed by atoms with van der Waals surface area (Å²) in [5, 5.41) is 3.92. The van der Waals surface area contributed by atoms with Crippen LogP contribution in [0.3, 0.4) is 0 Å². The van der Waals surface area contributed by atoms with Crippen molar-refractivity contribution in [3.63, 3.8) is 0 Å². The number of nitrogens with zero attached hydrogens (tertiary/aromatic N) is 1. The van der Waals surface area contributed by atoms with Crippen molar-refractivity contribution >= 4 is 28.1 Å². The highest BCUT2D eigenvalue weighted by Crippen LogP contribution is 2.13. The number of hydrazone groups is 1. The second-order valence-electron chi connectivity index (χ2n) is 3.76. The highest BCUT2D eigenvalue weighted by atomic mass is 32.2. The topological polar surface area (TPSA) is 91.9 Å². The molecule has 0 amide bonds. The van der Waals surface area contributed by atoms with Crippen molar-refractivity contribution in [3.8, 4) is 0 Å². The van der Waals surface area contributed by atoms with E-state index < -0.39 is 10.1 Å². The van der Waals surface area contributed by atoms with E-state index in [2.05, 4.69) is 10.5 Å². The lowest BCUT2D eigenvalue weighted by molar-refractivity contribution is 0.483. The van der Waals surface area contributed by atoms with Gasteiger partial charge in [0.1, 0.15) is 5.76 Å². The Morgan fingerprint density at radius 3 is 2.55 bits per heavy atom. The van der Waals surface area contributed by atoms with Crippen LogP contribution in [0.2, 0.25) is 0 Å². The van der Waals surface area contributed by atoms with Crippen molar-refractivity contribution in [1.29, 1.82) is 0 Å². The van der Waals surface area contributed by atoms with Crippen LogP contribution in [0.4, 0.5) is 5.69 Å². The van der Waals surface area contributed by atoms with Crippen LogP contribution in [0.25, 0.3) is 6.08 Å². The Morgan fingerprint density at radius 1 is 1.20 bits per heavy atom. The fourth-order valence-electron chi connectivity index (χ4n) is 1.38. The molecule has 104 valence electrons. The van der Waals surface area contributed by atoms with Gasteiger partial charge in [0.15, 0.2) is 0 Å². The zero-order valence-electron chi connectivity index (χ0n) is 10.3. The number of furan rings is 1. The molecule has 0 radical (unpaired) electrons. The maximum Gasteiger partial charge on any atom is 0.294 e. The summed E-state index contributed by atoms with van der Waals surface area (Å²) in [7, 11) is -4.16. The van der Waals surface area contributed by atoms with E-state index in [1.54, 1.807) is 24.5 Å². The zero-order valence-corrected chi connectivity index (χ0v) is 11.1. The van der Waals surface area contributed by atoms with Gasteiger partial charge in [-0.15, -0.1) is 0 Å². The number of benzene rings is 1. The molecule has 0 spiro atoms. The minimum atomic E-state index is -4.16. The van der Waals surface area contributed by atoms with E-state index in [-0.39, 0.29) is 4.90 Å². The minimum Gasteiger partial charge on any atom is -0.465 e. The molecule has 0 aliphatic heterocycles. The normalized spacial score (nSPS) is 12.2. The summed E-state index contributed by atoms with van der Waals surface area (Å²) in [6.07, 6.45) is 6.54. The second kappa shape index (κ2) is 6.18. The summed E-state index contributed by atoms with van der Waals surface area (Å²) in [5.41, 5.74) is 3.31. The predicted octanol–water partition coefficient (Wildman–Crippen LogP) is 2.64. The van der Waals surface area contributed by atoms with E-state index in [9.17, 15) is 8.42 Å². The van der Waals surface area contributed by atoms with E-state index in [0.717, 1.165) is 0 Å². The van der Waals surface area contributed by atoms with Crippen molar-refractivity contribution in [3.05, 3.63) is 54.5 Å². The first-order chi connectivity index (χ1) is 9.55. The van der Waals surface area contributed by atoms with Gasteiger partial charge in [-0.25, -0.2) is 0 Å². The minimum absolute atomic E-state index is 0.162. The summed E-state index contributed by atoms with van der Waals surface area (Å²) in [6, 6.07) is 9.16. The van der Waals surface area contributed by atoms with E-state index in [1.807, 2.05) is 6.07 Å². The van der Waals surface area contributed by atoms with Gasteiger partial charge in [0.05, 0.1) is 16.8 Å². The van der Waals surface area contributed by atoms with Crippen LogP contribution in [0, 0.1) is 0 Å². The molecule has 2 rings (SSSR count). The van der Waals surface area contributed by atoms with Gasteiger partial charge < -0.3 is 4.42 Å². The van der Waals surface area contributed by atoms with E-state index >= 15 is 0 Å². The summed E-state index contributed by atoms with van der Waals surface area (Å²) >= 11 is 0. The number of allylic oxidation sites excluding steroid dienone is 1. The summed E-state index contributed by atoms with van der Waals surface area (Å²) in [6.45, 7) is 0. The lowest BCUT2D eigenvalue weighted by Crippen LogP contribution is -1.97. The lowest BCUT2D eigenvalue weighted by atomic mass is 10.3. The third kappa shape index (κ3) is 4.08. The number of anilines is 1. The average Bonchev–Trinajstić information content (AvgIpc) is 2.91. The molecular weight excluding hydrogens is 280 g/mol. The van der Waals surface area contributed by atoms with Crippen LogP contribution in [0.5, 0.6) is 0 Å². The van der Waals surface area contributed by atoms with Gasteiger partial charge in [-0.05, 0) is 48.6 Å². The van der Waals surface area contributed by atoms with Gasteiger partial charge in [0.2, 0.25) is 0 Å². The van der Waals surface area contributed by atoms with Crippen molar-refractivity contribution in [2.45, 2.75) is 4.90 Å². The van der Waals surface area contributed by atoms with Gasteiger partial charge in [0.25, 0.3) is 10.1 Å². The van der Waals surface area contributed by atoms with E-state index in [1.165, 1.54) is 30.5 Å². The molecule has 0 atom stereocenters. The number of nitrogens with one attached hydrogen (secondary N) is 1. The van der Waals surface area contributed by atoms with Crippen LogP contribution >= 0.6 is 0 Å². The molecule has 0 aliphatic rings. The van der Waals surface area contributed by atoms with Gasteiger partial charge in [-0.1, -0.05) is 0 Å². The van der Waals surface area contributed by atoms with Gasteiger partial charge in [-0.2, -0.15) is 13.5 Å². The van der Waals surface area contributed by atoms with Crippen LogP contribution in [0.1, 0.15) is 5.76 Å². The van der Waals surface area contributed by atoms with E-state index in [0.29, 0.717) is 11.4 Å². The fourth-order valence-corrected chi connectivity index (χ4v) is 1.86. The molecule has 2 N–H and O–H groups in total. The van der Waals surface area contributed by atoms with Crippen LogP contribution in [-0.4, -0.2) is 19.2 Å². The molecule has 0 bridgehead atoms. The molecule has 1 aromatic heterocycles. The second-order valence-corrected chi connectivity index (χ2v) is 5.19. The Kier molecular flexibility index (Phi) is 4.34. The maximum absolute atomic E-state index is 10.8. The number of hydrogen-bond acceptors (Lipinski definition) is 5. The quantitative estimate of drug-likeness (QED) is 0.502. The lowest BCUT2D eigenvalue weighted by Gasteiger charge is -2.00. The molecule has 0 saturated heterocycles. The molecule has 6 nitrogen and oxygen atoms in total. The number of rotatable bonds is 5. The van der Waals surface area contributed by atoms with Crippen molar-refractivity contribution in [2.24, 2.45) is 5.10 Å². The molecule has 1 aromatic carbocycles. The Balaban J connectivity index is 1.91. The van der Waals surface area contributed by atoms with Crippen LogP contribution < -0.4 is 5.43 Å². The SMILES string of the molecule is O=S(=O)(O)c1ccc(NN=CC=Cc2ccco2)cc1. The van der Waals surface area contributed by atoms with Gasteiger partial charge in [0, 0.05) is 6.21 Å². The monoisotopic (exact) mass is 292 g/mol. The Morgan fingerprint density at radius 2 is 1.95 bits per heavy atom. The smallest absolute Gasteiger partial charge is 0.294 e. The summed E-state index contributed by atoms with van der Waals surface area (Å²) in [4.78, 5) is -0.162. The highest BCUT2D eigenvalue weighted by molar-refractivity contribution is 7.85. The standard InChI is InChI=1S/C13H12N2O4S/c16-20(17,18)13-7-5-11(6-8-13)15-14-9-1-3-12-4-2-10-19-12/h1-10,15H,(H,16,17,18). The fraction of sp³-hybridized carbons (Fsp3) is 0.